The van der Waals surface area contributed by atoms with Gasteiger partial charge in [0.15, 0.2) is 9.84 Å². The highest BCUT2D eigenvalue weighted by atomic mass is 32.2. The van der Waals surface area contributed by atoms with E-state index in [0.717, 1.165) is 19.4 Å². The molecule has 0 bridgehead atoms. The molecule has 2 atom stereocenters. The Balaban J connectivity index is 2.13. The first-order valence-electron chi connectivity index (χ1n) is 7.32. The van der Waals surface area contributed by atoms with E-state index in [9.17, 15) is 8.42 Å². The number of nitrogens with one attached hydrogen (secondary N) is 1. The van der Waals surface area contributed by atoms with Crippen LogP contribution >= 0.6 is 0 Å². The van der Waals surface area contributed by atoms with Gasteiger partial charge in [0.25, 0.3) is 0 Å². The number of rotatable bonds is 5. The first kappa shape index (κ1) is 15.5. The Morgan fingerprint density at radius 2 is 1.90 bits per heavy atom. The van der Waals surface area contributed by atoms with E-state index < -0.39 is 9.84 Å². The van der Waals surface area contributed by atoms with Crippen molar-refractivity contribution in [1.82, 2.24) is 5.32 Å². The van der Waals surface area contributed by atoms with Crippen LogP contribution in [0, 0.1) is 25.7 Å². The van der Waals surface area contributed by atoms with Crippen LogP contribution in [0.2, 0.25) is 0 Å². The number of benzene rings is 1. The topological polar surface area (TPSA) is 46.2 Å². The standard InChI is InChI=1S/C16H25NO2S/c1-12-6-13(2)8-14(7-12)9-16(10-17-3)15-4-5-20(18,19)11-15/h6-8,15-17H,4-5,9-11H2,1-3H3. The molecule has 0 spiro atoms. The first-order valence-corrected chi connectivity index (χ1v) is 9.14. The minimum atomic E-state index is -2.80. The van der Waals surface area contributed by atoms with Gasteiger partial charge in [0, 0.05) is 0 Å². The van der Waals surface area contributed by atoms with Crippen LogP contribution in [-0.4, -0.2) is 33.5 Å². The Morgan fingerprint density at radius 1 is 1.25 bits per heavy atom. The highest BCUT2D eigenvalue weighted by Crippen LogP contribution is 2.28. The van der Waals surface area contributed by atoms with Gasteiger partial charge in [-0.1, -0.05) is 29.3 Å². The summed E-state index contributed by atoms with van der Waals surface area (Å²) in [6.45, 7) is 5.11. The number of hydrogen-bond acceptors (Lipinski definition) is 3. The maximum Gasteiger partial charge on any atom is 0.150 e. The summed E-state index contributed by atoms with van der Waals surface area (Å²) in [6.07, 6.45) is 1.78. The number of aryl methyl sites for hydroxylation is 2. The summed E-state index contributed by atoms with van der Waals surface area (Å²) in [7, 11) is -0.853. The van der Waals surface area contributed by atoms with Gasteiger partial charge in [-0.25, -0.2) is 8.42 Å². The average molecular weight is 295 g/mol. The van der Waals surface area contributed by atoms with Crippen LogP contribution in [0.3, 0.4) is 0 Å². The Labute approximate surface area is 122 Å². The maximum atomic E-state index is 11.7. The van der Waals surface area contributed by atoms with Gasteiger partial charge in [-0.05, 0) is 57.7 Å². The molecule has 0 radical (unpaired) electrons. The largest absolute Gasteiger partial charge is 0.319 e. The highest BCUT2D eigenvalue weighted by molar-refractivity contribution is 7.91. The third-order valence-corrected chi connectivity index (χ3v) is 5.97. The van der Waals surface area contributed by atoms with E-state index in [1.165, 1.54) is 16.7 Å². The van der Waals surface area contributed by atoms with Gasteiger partial charge in [0.2, 0.25) is 0 Å². The van der Waals surface area contributed by atoms with Gasteiger partial charge in [-0.15, -0.1) is 0 Å². The zero-order valence-corrected chi connectivity index (χ0v) is 13.5. The quantitative estimate of drug-likeness (QED) is 0.905. The molecule has 0 aromatic heterocycles. The molecule has 1 aromatic rings. The molecular weight excluding hydrogens is 270 g/mol. The summed E-state index contributed by atoms with van der Waals surface area (Å²) in [5, 5.41) is 3.23. The van der Waals surface area contributed by atoms with Crippen LogP contribution in [0.15, 0.2) is 18.2 Å². The molecule has 20 heavy (non-hydrogen) atoms. The second kappa shape index (κ2) is 6.27. The van der Waals surface area contributed by atoms with Gasteiger partial charge in [0.1, 0.15) is 0 Å². The van der Waals surface area contributed by atoms with E-state index in [4.69, 9.17) is 0 Å². The molecule has 0 saturated carbocycles. The van der Waals surface area contributed by atoms with Crippen LogP contribution in [0.4, 0.5) is 0 Å². The van der Waals surface area contributed by atoms with Gasteiger partial charge >= 0.3 is 0 Å². The molecule has 1 aliphatic rings. The van der Waals surface area contributed by atoms with Crippen molar-refractivity contribution < 1.29 is 8.42 Å². The maximum absolute atomic E-state index is 11.7. The molecular formula is C16H25NO2S. The van der Waals surface area contributed by atoms with Crippen molar-refractivity contribution in [2.24, 2.45) is 11.8 Å². The van der Waals surface area contributed by atoms with E-state index >= 15 is 0 Å². The van der Waals surface area contributed by atoms with Crippen LogP contribution in [-0.2, 0) is 16.3 Å². The molecule has 2 unspecified atom stereocenters. The van der Waals surface area contributed by atoms with E-state index in [0.29, 0.717) is 23.3 Å². The van der Waals surface area contributed by atoms with Crippen molar-refractivity contribution in [3.05, 3.63) is 34.9 Å². The fourth-order valence-electron chi connectivity index (χ4n) is 3.35. The SMILES string of the molecule is CNCC(Cc1cc(C)cc(C)c1)C1CCS(=O)(=O)C1. The lowest BCUT2D eigenvalue weighted by molar-refractivity contribution is 0.352. The van der Waals surface area contributed by atoms with Gasteiger partial charge in [0.05, 0.1) is 11.5 Å². The lowest BCUT2D eigenvalue weighted by Gasteiger charge is -2.23. The summed E-state index contributed by atoms with van der Waals surface area (Å²) >= 11 is 0. The highest BCUT2D eigenvalue weighted by Gasteiger charge is 2.33. The predicted molar refractivity (Wildman–Crippen MR) is 83.8 cm³/mol. The summed E-state index contributed by atoms with van der Waals surface area (Å²) in [5.74, 6) is 1.43. The first-order chi connectivity index (χ1) is 9.39. The Kier molecular flexibility index (Phi) is 4.86. The lowest BCUT2D eigenvalue weighted by atomic mass is 9.85. The van der Waals surface area contributed by atoms with E-state index in [2.05, 4.69) is 37.4 Å². The van der Waals surface area contributed by atoms with Crippen LogP contribution in [0.5, 0.6) is 0 Å². The molecule has 1 fully saturated rings. The van der Waals surface area contributed by atoms with Gasteiger partial charge in [-0.2, -0.15) is 0 Å². The van der Waals surface area contributed by atoms with Crippen molar-refractivity contribution >= 4 is 9.84 Å². The minimum Gasteiger partial charge on any atom is -0.319 e. The van der Waals surface area contributed by atoms with E-state index in [-0.39, 0.29) is 0 Å². The number of hydrogen-bond donors (Lipinski definition) is 1. The normalized spacial score (nSPS) is 22.9. The van der Waals surface area contributed by atoms with Crippen molar-refractivity contribution in [3.63, 3.8) is 0 Å². The molecule has 3 nitrogen and oxygen atoms in total. The third-order valence-electron chi connectivity index (χ3n) is 4.18. The molecule has 1 N–H and O–H groups in total. The molecule has 0 aliphatic carbocycles. The molecule has 112 valence electrons. The van der Waals surface area contributed by atoms with Gasteiger partial charge in [-0.3, -0.25) is 0 Å². The third kappa shape index (κ3) is 4.06. The van der Waals surface area contributed by atoms with Crippen molar-refractivity contribution in [2.45, 2.75) is 26.7 Å². The van der Waals surface area contributed by atoms with Crippen molar-refractivity contribution in [2.75, 3.05) is 25.1 Å². The molecule has 1 heterocycles. The minimum absolute atomic E-state index is 0.299. The molecule has 0 amide bonds. The fourth-order valence-corrected chi connectivity index (χ4v) is 5.27. The monoisotopic (exact) mass is 295 g/mol. The summed E-state index contributed by atoms with van der Waals surface area (Å²) in [4.78, 5) is 0. The van der Waals surface area contributed by atoms with Gasteiger partial charge < -0.3 is 5.32 Å². The summed E-state index contributed by atoms with van der Waals surface area (Å²) < 4.78 is 23.4. The molecule has 1 aliphatic heterocycles. The second-order valence-electron chi connectivity index (χ2n) is 6.18. The molecule has 1 saturated heterocycles. The summed E-state index contributed by atoms with van der Waals surface area (Å²) in [6, 6.07) is 6.62. The zero-order chi connectivity index (χ0) is 14.8. The molecule has 1 aromatic carbocycles. The second-order valence-corrected chi connectivity index (χ2v) is 8.41. The van der Waals surface area contributed by atoms with Crippen LogP contribution in [0.1, 0.15) is 23.1 Å². The van der Waals surface area contributed by atoms with E-state index in [1.54, 1.807) is 0 Å². The summed E-state index contributed by atoms with van der Waals surface area (Å²) in [5.41, 5.74) is 3.89. The van der Waals surface area contributed by atoms with Crippen molar-refractivity contribution in [1.29, 1.82) is 0 Å². The molecule has 4 heteroatoms. The van der Waals surface area contributed by atoms with E-state index in [1.807, 2.05) is 7.05 Å². The van der Waals surface area contributed by atoms with Crippen LogP contribution < -0.4 is 5.32 Å². The Hall–Kier alpha value is -0.870. The fraction of sp³-hybridized carbons (Fsp3) is 0.625. The predicted octanol–water partition coefficient (Wildman–Crippen LogP) is 2.12. The average Bonchev–Trinajstić information content (AvgIpc) is 2.68. The lowest BCUT2D eigenvalue weighted by Crippen LogP contribution is -2.28. The number of sulfone groups is 1. The van der Waals surface area contributed by atoms with Crippen molar-refractivity contribution in [3.8, 4) is 0 Å². The Morgan fingerprint density at radius 3 is 2.40 bits per heavy atom. The van der Waals surface area contributed by atoms with Crippen LogP contribution in [0.25, 0.3) is 0 Å². The zero-order valence-electron chi connectivity index (χ0n) is 12.6. The smallest absolute Gasteiger partial charge is 0.150 e. The Bertz CT molecular complexity index is 546. The molecule has 2 rings (SSSR count).